The molecule has 4 aromatic rings. The van der Waals surface area contributed by atoms with Crippen LogP contribution in [0, 0.1) is 0 Å². The molecule has 0 radical (unpaired) electrons. The summed E-state index contributed by atoms with van der Waals surface area (Å²) in [4.78, 5) is 43.9. The van der Waals surface area contributed by atoms with Gasteiger partial charge in [0.05, 0.1) is 0 Å². The summed E-state index contributed by atoms with van der Waals surface area (Å²) in [5.74, 6) is 1.63. The van der Waals surface area contributed by atoms with E-state index in [1.54, 1.807) is 10.6 Å². The first-order valence-corrected chi connectivity index (χ1v) is 15.0. The number of hydrogen-bond donors (Lipinski definition) is 3. The van der Waals surface area contributed by atoms with Crippen molar-refractivity contribution in [2.75, 3.05) is 49.5 Å². The summed E-state index contributed by atoms with van der Waals surface area (Å²) >= 11 is 0. The molecule has 43 heavy (non-hydrogen) atoms. The van der Waals surface area contributed by atoms with Crippen LogP contribution >= 0.6 is 0 Å². The Hall–Kier alpha value is -4.51. The second-order valence-electron chi connectivity index (χ2n) is 12.3. The second kappa shape index (κ2) is 12.0. The molecule has 2 fully saturated rings. The van der Waals surface area contributed by atoms with Gasteiger partial charge in [-0.3, -0.25) is 14.0 Å². The Morgan fingerprint density at radius 1 is 0.930 bits per heavy atom. The normalized spacial score (nSPS) is 17.6. The number of amides is 2. The zero-order valence-corrected chi connectivity index (χ0v) is 25.0. The Morgan fingerprint density at radius 3 is 2.37 bits per heavy atom. The summed E-state index contributed by atoms with van der Waals surface area (Å²) in [5, 5.41) is 9.86. The van der Waals surface area contributed by atoms with Crippen molar-refractivity contribution in [2.24, 2.45) is 0 Å². The summed E-state index contributed by atoms with van der Waals surface area (Å²) in [6, 6.07) is 15.3. The van der Waals surface area contributed by atoms with Gasteiger partial charge in [-0.15, -0.1) is 0 Å². The van der Waals surface area contributed by atoms with Gasteiger partial charge < -0.3 is 25.8 Å². The van der Waals surface area contributed by atoms with Gasteiger partial charge in [-0.2, -0.15) is 9.97 Å². The molecule has 2 aliphatic rings. The van der Waals surface area contributed by atoms with E-state index in [0.29, 0.717) is 48.4 Å². The van der Waals surface area contributed by atoms with E-state index in [9.17, 15) is 9.59 Å². The minimum absolute atomic E-state index is 0.0275. The van der Waals surface area contributed by atoms with Crippen LogP contribution in [0.1, 0.15) is 59.9 Å². The van der Waals surface area contributed by atoms with Crippen molar-refractivity contribution in [3.8, 4) is 0 Å². The number of piperidine rings is 1. The molecule has 3 N–H and O–H groups in total. The molecule has 0 spiro atoms. The molecule has 2 amide bonds. The molecule has 0 saturated carbocycles. The van der Waals surface area contributed by atoms with E-state index in [2.05, 4.69) is 46.6 Å². The van der Waals surface area contributed by atoms with Gasteiger partial charge in [0.2, 0.25) is 17.7 Å². The quantitative estimate of drug-likeness (QED) is 0.316. The highest BCUT2D eigenvalue weighted by Crippen LogP contribution is 2.24. The van der Waals surface area contributed by atoms with Crippen LogP contribution in [0.25, 0.3) is 5.78 Å². The van der Waals surface area contributed by atoms with Crippen LogP contribution in [0.4, 0.5) is 17.6 Å². The summed E-state index contributed by atoms with van der Waals surface area (Å²) in [6.07, 6.45) is 5.30. The molecule has 11 nitrogen and oxygen atoms in total. The van der Waals surface area contributed by atoms with Gasteiger partial charge in [-0.25, -0.2) is 4.98 Å². The Kier molecular flexibility index (Phi) is 7.98. The van der Waals surface area contributed by atoms with Crippen LogP contribution in [0.3, 0.4) is 0 Å². The maximum Gasteiger partial charge on any atom is 0.253 e. The minimum Gasteiger partial charge on any atom is -0.348 e. The number of fused-ring (bicyclic) bond motifs is 1. The number of nitrogens with one attached hydrogen (secondary N) is 3. The van der Waals surface area contributed by atoms with Crippen molar-refractivity contribution in [3.05, 3.63) is 77.6 Å². The highest BCUT2D eigenvalue weighted by atomic mass is 16.2. The highest BCUT2D eigenvalue weighted by Gasteiger charge is 2.25. The number of benzene rings is 2. The number of rotatable bonds is 6. The van der Waals surface area contributed by atoms with Crippen molar-refractivity contribution in [2.45, 2.75) is 45.1 Å². The molecule has 0 bridgehead atoms. The first-order valence-electron chi connectivity index (χ1n) is 15.0. The third kappa shape index (κ3) is 6.46. The lowest BCUT2D eigenvalue weighted by atomic mass is 9.86. The first-order chi connectivity index (χ1) is 20.7. The Labute approximate surface area is 251 Å². The summed E-state index contributed by atoms with van der Waals surface area (Å²) in [5.41, 5.74) is 3.36. The standard InChI is InChI=1S/C32H39N9O2/c1-32(2,3)24-10-6-22(7-11-24)27(42)35-26-5-4-17-40(21-26)30-37-29-34-16-20-41(29)31(38-30)36-25-12-8-23(9-13-25)28(43)39-18-14-33-15-19-39/h6-13,16,20,26,33H,4-5,14-15,17-19,21H2,1-3H3,(H,35,42)(H,34,36,37,38). The minimum atomic E-state index is -0.0711. The molecule has 11 heteroatoms. The second-order valence-corrected chi connectivity index (χ2v) is 12.3. The first kappa shape index (κ1) is 28.6. The van der Waals surface area contributed by atoms with Crippen LogP contribution in [0.2, 0.25) is 0 Å². The molecule has 4 heterocycles. The lowest BCUT2D eigenvalue weighted by Gasteiger charge is -2.33. The number of aromatic nitrogens is 4. The van der Waals surface area contributed by atoms with Gasteiger partial charge in [0.15, 0.2) is 0 Å². The van der Waals surface area contributed by atoms with E-state index >= 15 is 0 Å². The zero-order valence-electron chi connectivity index (χ0n) is 25.0. The Bertz CT molecular complexity index is 1590. The summed E-state index contributed by atoms with van der Waals surface area (Å²) < 4.78 is 1.80. The fraction of sp³-hybridized carbons (Fsp3) is 0.406. The van der Waals surface area contributed by atoms with Crippen LogP contribution < -0.4 is 20.9 Å². The van der Waals surface area contributed by atoms with Gasteiger partial charge in [0.1, 0.15) is 0 Å². The fourth-order valence-corrected chi connectivity index (χ4v) is 5.58. The Balaban J connectivity index is 1.15. The number of piperazine rings is 1. The van der Waals surface area contributed by atoms with E-state index in [-0.39, 0.29) is 23.3 Å². The lowest BCUT2D eigenvalue weighted by molar-refractivity contribution is 0.0735. The average Bonchev–Trinajstić information content (AvgIpc) is 3.51. The number of imidazole rings is 1. The van der Waals surface area contributed by atoms with Gasteiger partial charge in [0.25, 0.3) is 11.8 Å². The van der Waals surface area contributed by atoms with Crippen LogP contribution in [0.15, 0.2) is 60.9 Å². The number of carbonyl (C=O) groups is 2. The maximum atomic E-state index is 13.1. The van der Waals surface area contributed by atoms with Gasteiger partial charge in [-0.1, -0.05) is 32.9 Å². The van der Waals surface area contributed by atoms with E-state index in [0.717, 1.165) is 38.2 Å². The molecular formula is C32H39N9O2. The molecule has 2 saturated heterocycles. The Morgan fingerprint density at radius 2 is 1.65 bits per heavy atom. The van der Waals surface area contributed by atoms with E-state index < -0.39 is 0 Å². The molecule has 2 aromatic carbocycles. The number of nitrogens with zero attached hydrogens (tertiary/aromatic N) is 6. The van der Waals surface area contributed by atoms with Crippen molar-refractivity contribution >= 4 is 35.2 Å². The number of hydrogen-bond acceptors (Lipinski definition) is 8. The fourth-order valence-electron chi connectivity index (χ4n) is 5.58. The third-order valence-corrected chi connectivity index (χ3v) is 8.10. The van der Waals surface area contributed by atoms with E-state index in [1.165, 1.54) is 5.56 Å². The lowest BCUT2D eigenvalue weighted by Crippen LogP contribution is -2.48. The topological polar surface area (TPSA) is 120 Å². The molecule has 224 valence electrons. The van der Waals surface area contributed by atoms with E-state index in [1.807, 2.05) is 59.6 Å². The van der Waals surface area contributed by atoms with Gasteiger partial charge >= 0.3 is 0 Å². The largest absolute Gasteiger partial charge is 0.348 e. The van der Waals surface area contributed by atoms with Crippen LogP contribution in [0.5, 0.6) is 0 Å². The number of anilines is 3. The predicted octanol–water partition coefficient (Wildman–Crippen LogP) is 3.61. The van der Waals surface area contributed by atoms with Gasteiger partial charge in [-0.05, 0) is 60.2 Å². The smallest absolute Gasteiger partial charge is 0.253 e. The van der Waals surface area contributed by atoms with Crippen molar-refractivity contribution in [1.29, 1.82) is 0 Å². The number of carbonyl (C=O) groups excluding carboxylic acids is 2. The third-order valence-electron chi connectivity index (χ3n) is 8.10. The molecular weight excluding hydrogens is 542 g/mol. The van der Waals surface area contributed by atoms with Crippen LogP contribution in [-0.2, 0) is 5.41 Å². The molecule has 1 atom stereocenters. The predicted molar refractivity (Wildman–Crippen MR) is 167 cm³/mol. The van der Waals surface area contributed by atoms with Gasteiger partial charge in [0, 0.05) is 74.5 Å². The molecule has 1 unspecified atom stereocenters. The highest BCUT2D eigenvalue weighted by molar-refractivity contribution is 5.95. The molecule has 6 rings (SSSR count). The average molecular weight is 582 g/mol. The molecule has 2 aliphatic heterocycles. The van der Waals surface area contributed by atoms with Crippen molar-refractivity contribution in [1.82, 2.24) is 34.9 Å². The van der Waals surface area contributed by atoms with Crippen LogP contribution in [-0.4, -0.2) is 81.4 Å². The molecule has 2 aromatic heterocycles. The zero-order chi connectivity index (χ0) is 30.0. The summed E-state index contributed by atoms with van der Waals surface area (Å²) in [7, 11) is 0. The summed E-state index contributed by atoms with van der Waals surface area (Å²) in [6.45, 7) is 10.9. The maximum absolute atomic E-state index is 13.1. The molecule has 0 aliphatic carbocycles. The van der Waals surface area contributed by atoms with Crippen molar-refractivity contribution < 1.29 is 9.59 Å². The monoisotopic (exact) mass is 581 g/mol. The van der Waals surface area contributed by atoms with E-state index in [4.69, 9.17) is 9.97 Å². The van der Waals surface area contributed by atoms with Crippen molar-refractivity contribution in [3.63, 3.8) is 0 Å². The SMILES string of the molecule is CC(C)(C)c1ccc(C(=O)NC2CCCN(c3nc(Nc4ccc(C(=O)N5CCNCC5)cc4)n4ccnc4n3)C2)cc1.